The molecule has 0 bridgehead atoms. The van der Waals surface area contributed by atoms with E-state index in [1.807, 2.05) is 0 Å². The van der Waals surface area contributed by atoms with Crippen molar-refractivity contribution in [2.24, 2.45) is 11.7 Å². The molecule has 2 fully saturated rings. The summed E-state index contributed by atoms with van der Waals surface area (Å²) in [7, 11) is 0. The molecule has 0 aromatic heterocycles. The molecule has 1 aliphatic carbocycles. The number of aryl methyl sites for hydroxylation is 1. The summed E-state index contributed by atoms with van der Waals surface area (Å²) >= 11 is 0. The Morgan fingerprint density at radius 3 is 2.30 bits per heavy atom. The van der Waals surface area contributed by atoms with Crippen LogP contribution in [0.4, 0.5) is 0 Å². The number of hydrogen-bond donors (Lipinski definition) is 1. The van der Waals surface area contributed by atoms with Crippen LogP contribution < -0.4 is 5.73 Å². The van der Waals surface area contributed by atoms with E-state index < -0.39 is 0 Å². The second-order valence-electron chi connectivity index (χ2n) is 6.44. The fourth-order valence-electron chi connectivity index (χ4n) is 3.21. The Kier molecular flexibility index (Phi) is 4.39. The van der Waals surface area contributed by atoms with Crippen LogP contribution in [0.2, 0.25) is 0 Å². The second kappa shape index (κ2) is 6.25. The smallest absolute Gasteiger partial charge is 0.0471 e. The van der Waals surface area contributed by atoms with Gasteiger partial charge < -0.3 is 10.6 Å². The molecule has 1 unspecified atom stereocenters. The van der Waals surface area contributed by atoms with E-state index in [2.05, 4.69) is 41.0 Å². The predicted octanol–water partition coefficient (Wildman–Crippen LogP) is 2.02. The molecule has 1 atom stereocenters. The average molecular weight is 273 g/mol. The molecule has 20 heavy (non-hydrogen) atoms. The minimum atomic E-state index is 0.388. The standard InChI is InChI=1S/C17H27N3/c1-14-2-6-16(7-3-14)17(12-18)20-10-8-19(9-11-20)13-15-4-5-15/h2-3,6-7,15,17H,4-5,8-13,18H2,1H3. The lowest BCUT2D eigenvalue weighted by molar-refractivity contribution is 0.0956. The SMILES string of the molecule is Cc1ccc(C(CN)N2CCN(CC3CC3)CC2)cc1. The number of piperazine rings is 1. The van der Waals surface area contributed by atoms with Gasteiger partial charge in [-0.25, -0.2) is 0 Å². The maximum Gasteiger partial charge on any atom is 0.0471 e. The van der Waals surface area contributed by atoms with Crippen LogP contribution in [0.3, 0.4) is 0 Å². The maximum atomic E-state index is 6.04. The van der Waals surface area contributed by atoms with Crippen LogP contribution in [-0.4, -0.2) is 49.1 Å². The number of rotatable bonds is 5. The van der Waals surface area contributed by atoms with Crippen LogP contribution in [0.25, 0.3) is 0 Å². The minimum absolute atomic E-state index is 0.388. The second-order valence-corrected chi connectivity index (χ2v) is 6.44. The maximum absolute atomic E-state index is 6.04. The van der Waals surface area contributed by atoms with Gasteiger partial charge in [-0.3, -0.25) is 4.90 Å². The average Bonchev–Trinajstić information content (AvgIpc) is 3.27. The molecule has 2 N–H and O–H groups in total. The largest absolute Gasteiger partial charge is 0.329 e. The van der Waals surface area contributed by atoms with Gasteiger partial charge in [-0.1, -0.05) is 29.8 Å². The summed E-state index contributed by atoms with van der Waals surface area (Å²) in [6, 6.07) is 9.26. The zero-order chi connectivity index (χ0) is 13.9. The van der Waals surface area contributed by atoms with E-state index in [9.17, 15) is 0 Å². The summed E-state index contributed by atoms with van der Waals surface area (Å²) < 4.78 is 0. The molecule has 1 saturated carbocycles. The molecule has 1 aromatic carbocycles. The van der Waals surface area contributed by atoms with Crippen molar-refractivity contribution in [3.8, 4) is 0 Å². The molecule has 3 nitrogen and oxygen atoms in total. The number of nitrogens with two attached hydrogens (primary N) is 1. The van der Waals surface area contributed by atoms with Gasteiger partial charge in [0.05, 0.1) is 0 Å². The van der Waals surface area contributed by atoms with Crippen molar-refractivity contribution in [1.82, 2.24) is 9.80 Å². The van der Waals surface area contributed by atoms with Crippen LogP contribution in [-0.2, 0) is 0 Å². The lowest BCUT2D eigenvalue weighted by atomic mass is 10.0. The number of hydrogen-bond acceptors (Lipinski definition) is 3. The van der Waals surface area contributed by atoms with Gasteiger partial charge in [-0.15, -0.1) is 0 Å². The van der Waals surface area contributed by atoms with Crippen LogP contribution in [0.1, 0.15) is 30.0 Å². The topological polar surface area (TPSA) is 32.5 Å². The summed E-state index contributed by atoms with van der Waals surface area (Å²) in [6.45, 7) is 8.90. The Labute approximate surface area is 122 Å². The van der Waals surface area contributed by atoms with E-state index in [4.69, 9.17) is 5.73 Å². The number of nitrogens with zero attached hydrogens (tertiary/aromatic N) is 2. The molecule has 3 heteroatoms. The van der Waals surface area contributed by atoms with E-state index in [1.165, 1.54) is 43.6 Å². The summed E-state index contributed by atoms with van der Waals surface area (Å²) in [5, 5.41) is 0. The fourth-order valence-corrected chi connectivity index (χ4v) is 3.21. The van der Waals surface area contributed by atoms with E-state index in [-0.39, 0.29) is 0 Å². The highest BCUT2D eigenvalue weighted by Gasteiger charge is 2.28. The Bertz CT molecular complexity index is 416. The minimum Gasteiger partial charge on any atom is -0.329 e. The van der Waals surface area contributed by atoms with Gasteiger partial charge in [0.1, 0.15) is 0 Å². The van der Waals surface area contributed by atoms with Crippen molar-refractivity contribution in [2.45, 2.75) is 25.8 Å². The third-order valence-electron chi connectivity index (χ3n) is 4.75. The van der Waals surface area contributed by atoms with Crippen LogP contribution in [0.15, 0.2) is 24.3 Å². The highest BCUT2D eigenvalue weighted by atomic mass is 15.3. The van der Waals surface area contributed by atoms with E-state index >= 15 is 0 Å². The van der Waals surface area contributed by atoms with Gasteiger partial charge in [0.2, 0.25) is 0 Å². The van der Waals surface area contributed by atoms with Crippen molar-refractivity contribution in [3.63, 3.8) is 0 Å². The van der Waals surface area contributed by atoms with Gasteiger partial charge in [0.25, 0.3) is 0 Å². The van der Waals surface area contributed by atoms with Crippen LogP contribution in [0.5, 0.6) is 0 Å². The summed E-state index contributed by atoms with van der Waals surface area (Å²) in [6.07, 6.45) is 2.91. The molecular weight excluding hydrogens is 246 g/mol. The van der Waals surface area contributed by atoms with E-state index in [0.29, 0.717) is 12.6 Å². The summed E-state index contributed by atoms with van der Waals surface area (Å²) in [5.74, 6) is 1.00. The monoisotopic (exact) mass is 273 g/mol. The first-order chi connectivity index (χ1) is 9.76. The first-order valence-corrected chi connectivity index (χ1v) is 7.99. The Balaban J connectivity index is 1.58. The third kappa shape index (κ3) is 3.40. The third-order valence-corrected chi connectivity index (χ3v) is 4.75. The zero-order valence-electron chi connectivity index (χ0n) is 12.6. The molecule has 1 saturated heterocycles. The Morgan fingerprint density at radius 2 is 1.75 bits per heavy atom. The molecule has 1 aliphatic heterocycles. The van der Waals surface area contributed by atoms with E-state index in [1.54, 1.807) is 0 Å². The van der Waals surface area contributed by atoms with Gasteiger partial charge in [-0.05, 0) is 31.2 Å². The summed E-state index contributed by atoms with van der Waals surface area (Å²) in [5.41, 5.74) is 8.73. The van der Waals surface area contributed by atoms with Gasteiger partial charge in [0.15, 0.2) is 0 Å². The zero-order valence-corrected chi connectivity index (χ0v) is 12.6. The normalized spacial score (nSPS) is 22.9. The molecule has 110 valence electrons. The fraction of sp³-hybridized carbons (Fsp3) is 0.647. The Hall–Kier alpha value is -0.900. The quantitative estimate of drug-likeness (QED) is 0.891. The first-order valence-electron chi connectivity index (χ1n) is 7.99. The Morgan fingerprint density at radius 1 is 1.10 bits per heavy atom. The van der Waals surface area contributed by atoms with Gasteiger partial charge >= 0.3 is 0 Å². The van der Waals surface area contributed by atoms with Gasteiger partial charge in [-0.2, -0.15) is 0 Å². The van der Waals surface area contributed by atoms with Crippen molar-refractivity contribution in [2.75, 3.05) is 39.3 Å². The molecule has 3 rings (SSSR count). The molecule has 0 radical (unpaired) electrons. The molecule has 0 spiro atoms. The lowest BCUT2D eigenvalue weighted by Gasteiger charge is -2.39. The summed E-state index contributed by atoms with van der Waals surface area (Å²) in [4.78, 5) is 5.20. The molecular formula is C17H27N3. The van der Waals surface area contributed by atoms with Crippen LogP contribution in [0, 0.1) is 12.8 Å². The molecule has 2 aliphatic rings. The molecule has 0 amide bonds. The van der Waals surface area contributed by atoms with Crippen molar-refractivity contribution in [1.29, 1.82) is 0 Å². The van der Waals surface area contributed by atoms with Crippen LogP contribution >= 0.6 is 0 Å². The molecule has 1 heterocycles. The highest BCUT2D eigenvalue weighted by molar-refractivity contribution is 5.24. The lowest BCUT2D eigenvalue weighted by Crippen LogP contribution is -2.49. The van der Waals surface area contributed by atoms with Gasteiger partial charge in [0, 0.05) is 45.3 Å². The highest BCUT2D eigenvalue weighted by Crippen LogP contribution is 2.30. The predicted molar refractivity (Wildman–Crippen MR) is 83.7 cm³/mol. The van der Waals surface area contributed by atoms with Crippen molar-refractivity contribution in [3.05, 3.63) is 35.4 Å². The van der Waals surface area contributed by atoms with Crippen molar-refractivity contribution >= 4 is 0 Å². The first kappa shape index (κ1) is 14.1. The van der Waals surface area contributed by atoms with Crippen molar-refractivity contribution < 1.29 is 0 Å². The number of benzene rings is 1. The molecule has 1 aromatic rings. The van der Waals surface area contributed by atoms with E-state index in [0.717, 1.165) is 19.0 Å².